The summed E-state index contributed by atoms with van der Waals surface area (Å²) in [6.45, 7) is 6.81. The quantitative estimate of drug-likeness (QED) is 0.862. The van der Waals surface area contributed by atoms with Crippen molar-refractivity contribution in [2.24, 2.45) is 11.1 Å². The molecule has 0 bridgehead atoms. The molecule has 1 rings (SSSR count). The number of benzene rings is 1. The van der Waals surface area contributed by atoms with Crippen LogP contribution in [0.3, 0.4) is 0 Å². The van der Waals surface area contributed by atoms with E-state index in [-0.39, 0.29) is 11.5 Å². The van der Waals surface area contributed by atoms with E-state index in [2.05, 4.69) is 20.8 Å². The summed E-state index contributed by atoms with van der Waals surface area (Å²) < 4.78 is 5.80. The molecule has 0 aromatic heterocycles. The maximum Gasteiger partial charge on any atom is 0.121 e. The summed E-state index contributed by atoms with van der Waals surface area (Å²) in [6.07, 6.45) is -0.00373. The van der Waals surface area contributed by atoms with Crippen molar-refractivity contribution < 1.29 is 4.74 Å². The van der Waals surface area contributed by atoms with Crippen molar-refractivity contribution >= 4 is 11.6 Å². The lowest BCUT2D eigenvalue weighted by molar-refractivity contribution is 0.0942. The molecule has 0 aliphatic carbocycles. The molecule has 0 heterocycles. The van der Waals surface area contributed by atoms with Crippen LogP contribution in [0.5, 0.6) is 5.75 Å². The van der Waals surface area contributed by atoms with E-state index in [0.29, 0.717) is 11.6 Å². The van der Waals surface area contributed by atoms with Crippen LogP contribution in [0.4, 0.5) is 0 Å². The van der Waals surface area contributed by atoms with E-state index in [9.17, 15) is 0 Å². The Hall–Kier alpha value is -0.730. The summed E-state index contributed by atoms with van der Waals surface area (Å²) in [5.41, 5.74) is 5.71. The van der Waals surface area contributed by atoms with E-state index in [1.807, 2.05) is 18.2 Å². The second-order valence-electron chi connectivity index (χ2n) is 4.67. The van der Waals surface area contributed by atoms with Gasteiger partial charge in [-0.3, -0.25) is 0 Å². The Morgan fingerprint density at radius 2 is 2.07 bits per heavy atom. The van der Waals surface area contributed by atoms with Crippen molar-refractivity contribution in [1.29, 1.82) is 0 Å². The summed E-state index contributed by atoms with van der Waals surface area (Å²) >= 11 is 5.87. The first kappa shape index (κ1) is 12.3. The lowest BCUT2D eigenvalue weighted by Crippen LogP contribution is -2.38. The third kappa shape index (κ3) is 3.73. The number of nitrogens with two attached hydrogens (primary N) is 1. The van der Waals surface area contributed by atoms with E-state index in [1.165, 1.54) is 0 Å². The Labute approximate surface area is 96.4 Å². The van der Waals surface area contributed by atoms with Gasteiger partial charge in [-0.1, -0.05) is 38.4 Å². The topological polar surface area (TPSA) is 35.2 Å². The molecule has 2 N–H and O–H groups in total. The molecule has 0 spiro atoms. The predicted octanol–water partition coefficient (Wildman–Crippen LogP) is 3.09. The fourth-order valence-corrected chi connectivity index (χ4v) is 1.46. The smallest absolute Gasteiger partial charge is 0.121 e. The minimum Gasteiger partial charge on any atom is -0.489 e. The fourth-order valence-electron chi connectivity index (χ4n) is 1.28. The van der Waals surface area contributed by atoms with Crippen LogP contribution in [0.15, 0.2) is 24.3 Å². The number of rotatable bonds is 3. The van der Waals surface area contributed by atoms with Crippen LogP contribution in [0.25, 0.3) is 0 Å². The highest BCUT2D eigenvalue weighted by atomic mass is 35.5. The van der Waals surface area contributed by atoms with E-state index in [4.69, 9.17) is 22.1 Å². The first-order chi connectivity index (χ1) is 6.93. The Bertz CT molecular complexity index is 320. The molecule has 0 saturated heterocycles. The van der Waals surface area contributed by atoms with Gasteiger partial charge in [-0.25, -0.2) is 0 Å². The molecule has 2 nitrogen and oxygen atoms in total. The molecule has 1 atom stereocenters. The van der Waals surface area contributed by atoms with E-state index >= 15 is 0 Å². The van der Waals surface area contributed by atoms with Crippen molar-refractivity contribution in [2.75, 3.05) is 6.54 Å². The van der Waals surface area contributed by atoms with Crippen LogP contribution >= 0.6 is 11.6 Å². The molecular formula is C12H18ClNO. The fraction of sp³-hybridized carbons (Fsp3) is 0.500. The van der Waals surface area contributed by atoms with Crippen LogP contribution in [0, 0.1) is 5.41 Å². The highest BCUT2D eigenvalue weighted by Crippen LogP contribution is 2.25. The van der Waals surface area contributed by atoms with Gasteiger partial charge in [0.2, 0.25) is 0 Å². The van der Waals surface area contributed by atoms with Gasteiger partial charge >= 0.3 is 0 Å². The molecule has 15 heavy (non-hydrogen) atoms. The molecule has 0 saturated carbocycles. The zero-order valence-corrected chi connectivity index (χ0v) is 10.2. The zero-order chi connectivity index (χ0) is 11.5. The van der Waals surface area contributed by atoms with Gasteiger partial charge in [0.05, 0.1) is 0 Å². The van der Waals surface area contributed by atoms with Gasteiger partial charge in [-0.05, 0) is 18.2 Å². The highest BCUT2D eigenvalue weighted by Gasteiger charge is 2.25. The monoisotopic (exact) mass is 227 g/mol. The molecule has 1 unspecified atom stereocenters. The number of halogens is 1. The van der Waals surface area contributed by atoms with Crippen molar-refractivity contribution in [1.82, 2.24) is 0 Å². The summed E-state index contributed by atoms with van der Waals surface area (Å²) in [5.74, 6) is 0.771. The third-order valence-electron chi connectivity index (χ3n) is 2.25. The first-order valence-electron chi connectivity index (χ1n) is 5.06. The summed E-state index contributed by atoms with van der Waals surface area (Å²) in [5, 5.41) is 0.678. The van der Waals surface area contributed by atoms with Gasteiger partial charge in [0.1, 0.15) is 11.9 Å². The Morgan fingerprint density at radius 1 is 1.40 bits per heavy atom. The van der Waals surface area contributed by atoms with Crippen LogP contribution in [0.2, 0.25) is 5.02 Å². The number of hydrogen-bond donors (Lipinski definition) is 1. The summed E-state index contributed by atoms with van der Waals surface area (Å²) in [4.78, 5) is 0. The Morgan fingerprint density at radius 3 is 2.53 bits per heavy atom. The van der Waals surface area contributed by atoms with Crippen LogP contribution in [0.1, 0.15) is 20.8 Å². The number of hydrogen-bond acceptors (Lipinski definition) is 2. The van der Waals surface area contributed by atoms with Crippen molar-refractivity contribution in [3.05, 3.63) is 29.3 Å². The van der Waals surface area contributed by atoms with Crippen LogP contribution < -0.4 is 10.5 Å². The van der Waals surface area contributed by atoms with Gasteiger partial charge in [0, 0.05) is 17.0 Å². The average molecular weight is 228 g/mol. The molecule has 84 valence electrons. The zero-order valence-electron chi connectivity index (χ0n) is 9.46. The molecule has 1 aromatic rings. The molecule has 0 amide bonds. The van der Waals surface area contributed by atoms with Gasteiger partial charge in [0.25, 0.3) is 0 Å². The molecule has 3 heteroatoms. The standard InChI is InChI=1S/C12H18ClNO/c1-12(2,3)11(8-14)15-10-6-4-5-9(13)7-10/h4-7,11H,8,14H2,1-3H3. The predicted molar refractivity (Wildman–Crippen MR) is 64.4 cm³/mol. The SMILES string of the molecule is CC(C)(C)C(CN)Oc1cccc(Cl)c1. The number of ether oxygens (including phenoxy) is 1. The maximum absolute atomic E-state index is 5.87. The second kappa shape index (κ2) is 4.86. The molecular weight excluding hydrogens is 210 g/mol. The molecule has 0 aliphatic rings. The minimum absolute atomic E-state index is 0.00373. The van der Waals surface area contributed by atoms with Crippen LogP contribution in [-0.2, 0) is 0 Å². The van der Waals surface area contributed by atoms with Crippen molar-refractivity contribution in [3.63, 3.8) is 0 Å². The molecule has 1 aromatic carbocycles. The lowest BCUT2D eigenvalue weighted by atomic mass is 9.89. The van der Waals surface area contributed by atoms with Gasteiger partial charge < -0.3 is 10.5 Å². The third-order valence-corrected chi connectivity index (χ3v) is 2.49. The van der Waals surface area contributed by atoms with E-state index in [0.717, 1.165) is 5.75 Å². The van der Waals surface area contributed by atoms with Crippen molar-refractivity contribution in [3.8, 4) is 5.75 Å². The molecule has 0 radical (unpaired) electrons. The van der Waals surface area contributed by atoms with Gasteiger partial charge in [-0.15, -0.1) is 0 Å². The van der Waals surface area contributed by atoms with E-state index in [1.54, 1.807) is 6.07 Å². The Kier molecular flexibility index (Phi) is 4.00. The van der Waals surface area contributed by atoms with E-state index < -0.39 is 0 Å². The Balaban J connectivity index is 2.76. The van der Waals surface area contributed by atoms with Crippen LogP contribution in [-0.4, -0.2) is 12.6 Å². The minimum atomic E-state index is -0.00373. The summed E-state index contributed by atoms with van der Waals surface area (Å²) in [6, 6.07) is 7.38. The second-order valence-corrected chi connectivity index (χ2v) is 5.10. The first-order valence-corrected chi connectivity index (χ1v) is 5.43. The van der Waals surface area contributed by atoms with Crippen molar-refractivity contribution in [2.45, 2.75) is 26.9 Å². The van der Waals surface area contributed by atoms with Gasteiger partial charge in [-0.2, -0.15) is 0 Å². The molecule has 0 fully saturated rings. The lowest BCUT2D eigenvalue weighted by Gasteiger charge is -2.30. The average Bonchev–Trinajstić information content (AvgIpc) is 2.12. The highest BCUT2D eigenvalue weighted by molar-refractivity contribution is 6.30. The largest absolute Gasteiger partial charge is 0.489 e. The summed E-state index contributed by atoms with van der Waals surface area (Å²) in [7, 11) is 0. The van der Waals surface area contributed by atoms with Gasteiger partial charge in [0.15, 0.2) is 0 Å². The maximum atomic E-state index is 5.87. The molecule has 0 aliphatic heterocycles. The normalized spacial score (nSPS) is 13.7.